The van der Waals surface area contributed by atoms with Crippen LogP contribution in [0.1, 0.15) is 63.8 Å². The molecule has 7 nitrogen and oxygen atoms in total. The maximum absolute atomic E-state index is 6.21. The fourth-order valence-corrected chi connectivity index (χ4v) is 5.68. The van der Waals surface area contributed by atoms with Crippen LogP contribution in [0, 0.1) is 5.92 Å². The number of nitrogens with zero attached hydrogens (tertiary/aromatic N) is 3. The van der Waals surface area contributed by atoms with Gasteiger partial charge in [-0.05, 0) is 63.7 Å². The first-order valence-electron chi connectivity index (χ1n) is 11.7. The highest BCUT2D eigenvalue weighted by Gasteiger charge is 2.37. The van der Waals surface area contributed by atoms with Gasteiger partial charge in [-0.1, -0.05) is 0 Å². The molecule has 7 heteroatoms. The molecule has 2 atom stereocenters. The lowest BCUT2D eigenvalue weighted by Gasteiger charge is -2.44. The van der Waals surface area contributed by atoms with E-state index >= 15 is 0 Å². The average Bonchev–Trinajstić information content (AvgIpc) is 2.92. The molecular weight excluding hydrogens is 368 g/mol. The fraction of sp³-hybridized carbons (Fsp3) is 0.864. The highest BCUT2D eigenvalue weighted by Crippen LogP contribution is 2.36. The first kappa shape index (κ1) is 19.6. The lowest BCUT2D eigenvalue weighted by Crippen LogP contribution is -2.53. The van der Waals surface area contributed by atoms with Crippen LogP contribution in [-0.2, 0) is 9.47 Å². The molecule has 0 aromatic carbocycles. The molecule has 4 aliphatic heterocycles. The lowest BCUT2D eigenvalue weighted by molar-refractivity contribution is -0.0728. The maximum atomic E-state index is 6.21. The van der Waals surface area contributed by atoms with Gasteiger partial charge in [-0.25, -0.2) is 0 Å². The second kappa shape index (κ2) is 8.82. The van der Waals surface area contributed by atoms with Gasteiger partial charge in [0.25, 0.3) is 5.88 Å². The minimum atomic E-state index is 0.439. The van der Waals surface area contributed by atoms with E-state index in [2.05, 4.69) is 9.58 Å². The highest BCUT2D eigenvalue weighted by atomic mass is 16.5. The monoisotopic (exact) mass is 404 g/mol. The van der Waals surface area contributed by atoms with Crippen LogP contribution in [0.25, 0.3) is 0 Å². The number of nitrogen functional groups attached to an aromatic ring is 1. The van der Waals surface area contributed by atoms with Crippen LogP contribution >= 0.6 is 0 Å². The van der Waals surface area contributed by atoms with E-state index in [0.29, 0.717) is 48.3 Å². The quantitative estimate of drug-likeness (QED) is 0.813. The molecule has 1 aromatic rings. The third-order valence-electron chi connectivity index (χ3n) is 7.50. The van der Waals surface area contributed by atoms with Gasteiger partial charge in [0, 0.05) is 31.8 Å². The van der Waals surface area contributed by atoms with Crippen molar-refractivity contribution in [2.45, 2.75) is 82.0 Å². The van der Waals surface area contributed by atoms with E-state index in [9.17, 15) is 0 Å². The van der Waals surface area contributed by atoms with Gasteiger partial charge in [0.05, 0.1) is 31.6 Å². The van der Waals surface area contributed by atoms with Crippen LogP contribution < -0.4 is 10.5 Å². The van der Waals surface area contributed by atoms with Crippen molar-refractivity contribution in [2.24, 2.45) is 5.92 Å². The molecule has 2 unspecified atom stereocenters. The average molecular weight is 405 g/mol. The Morgan fingerprint density at radius 1 is 1.00 bits per heavy atom. The Kier molecular flexibility index (Phi) is 5.97. The largest absolute Gasteiger partial charge is 0.475 e. The highest BCUT2D eigenvalue weighted by molar-refractivity contribution is 5.46. The minimum Gasteiger partial charge on any atom is -0.475 e. The van der Waals surface area contributed by atoms with E-state index in [4.69, 9.17) is 25.0 Å². The fourth-order valence-electron chi connectivity index (χ4n) is 5.68. The Bertz CT molecular complexity index is 663. The molecule has 1 aliphatic carbocycles. The molecule has 5 fully saturated rings. The van der Waals surface area contributed by atoms with Gasteiger partial charge in [0.2, 0.25) is 0 Å². The number of hydrogen-bond acceptors (Lipinski definition) is 6. The van der Waals surface area contributed by atoms with Crippen LogP contribution in [-0.4, -0.2) is 65.8 Å². The van der Waals surface area contributed by atoms with Crippen molar-refractivity contribution in [1.82, 2.24) is 14.7 Å². The number of hydrogen-bond donors (Lipinski definition) is 1. The van der Waals surface area contributed by atoms with E-state index in [1.807, 2.05) is 6.20 Å². The van der Waals surface area contributed by atoms with Crippen LogP contribution in [0.4, 0.5) is 5.69 Å². The lowest BCUT2D eigenvalue weighted by atomic mass is 9.89. The number of fused-ring (bicyclic) bond motifs is 4. The van der Waals surface area contributed by atoms with E-state index < -0.39 is 0 Å². The van der Waals surface area contributed by atoms with Crippen molar-refractivity contribution in [3.8, 4) is 5.88 Å². The minimum absolute atomic E-state index is 0.439. The summed E-state index contributed by atoms with van der Waals surface area (Å²) in [6, 6.07) is 1.79. The zero-order valence-corrected chi connectivity index (χ0v) is 17.5. The van der Waals surface area contributed by atoms with Crippen LogP contribution in [0.5, 0.6) is 5.88 Å². The molecule has 1 aromatic heterocycles. The molecule has 5 heterocycles. The van der Waals surface area contributed by atoms with Gasteiger partial charge in [-0.3, -0.25) is 9.58 Å². The Labute approximate surface area is 173 Å². The molecule has 5 aliphatic rings. The predicted octanol–water partition coefficient (Wildman–Crippen LogP) is 3.01. The molecular formula is C22H36N4O3. The Morgan fingerprint density at radius 2 is 1.79 bits per heavy atom. The van der Waals surface area contributed by atoms with Crippen molar-refractivity contribution < 1.29 is 14.2 Å². The standard InChI is InChI=1S/C22H36N4O3/c23-21-13-26(24-22(21)29-14-16-8-10-27-11-9-16)18-6-4-17(5-7-18)25-12-20-3-1-2-19(25)15-28-20/h13,16-20H,1-12,14-15,23H2. The van der Waals surface area contributed by atoms with Crippen molar-refractivity contribution in [3.63, 3.8) is 0 Å². The molecule has 1 saturated carbocycles. The van der Waals surface area contributed by atoms with Gasteiger partial charge in [0.15, 0.2) is 0 Å². The van der Waals surface area contributed by atoms with Crippen LogP contribution in [0.15, 0.2) is 6.20 Å². The summed E-state index contributed by atoms with van der Waals surface area (Å²) < 4.78 is 19.5. The zero-order valence-electron chi connectivity index (χ0n) is 17.5. The Hall–Kier alpha value is -1.31. The Balaban J connectivity index is 1.15. The number of aromatic nitrogens is 2. The zero-order chi connectivity index (χ0) is 19.6. The summed E-state index contributed by atoms with van der Waals surface area (Å²) >= 11 is 0. The molecule has 4 saturated heterocycles. The summed E-state index contributed by atoms with van der Waals surface area (Å²) in [7, 11) is 0. The topological polar surface area (TPSA) is 74.8 Å². The third-order valence-corrected chi connectivity index (χ3v) is 7.50. The van der Waals surface area contributed by atoms with Crippen molar-refractivity contribution in [2.75, 3.05) is 38.7 Å². The van der Waals surface area contributed by atoms with E-state index in [0.717, 1.165) is 39.2 Å². The maximum Gasteiger partial charge on any atom is 0.256 e. The number of anilines is 1. The van der Waals surface area contributed by atoms with Crippen LogP contribution in [0.3, 0.4) is 0 Å². The summed E-state index contributed by atoms with van der Waals surface area (Å²) in [5, 5.41) is 4.71. The predicted molar refractivity (Wildman–Crippen MR) is 111 cm³/mol. The van der Waals surface area contributed by atoms with Gasteiger partial charge in [0.1, 0.15) is 5.69 Å². The summed E-state index contributed by atoms with van der Waals surface area (Å²) in [6.45, 7) is 4.45. The first-order valence-corrected chi connectivity index (χ1v) is 11.7. The second-order valence-electron chi connectivity index (χ2n) is 9.44. The summed E-state index contributed by atoms with van der Waals surface area (Å²) in [5.74, 6) is 1.16. The molecule has 0 amide bonds. The number of ether oxygens (including phenoxy) is 3. The second-order valence-corrected chi connectivity index (χ2v) is 9.44. The molecule has 162 valence electrons. The van der Waals surface area contributed by atoms with Gasteiger partial charge in [-0.15, -0.1) is 5.10 Å². The third kappa shape index (κ3) is 4.42. The van der Waals surface area contributed by atoms with Crippen molar-refractivity contribution >= 4 is 5.69 Å². The summed E-state index contributed by atoms with van der Waals surface area (Å²) in [5.41, 5.74) is 6.88. The number of nitrogens with two attached hydrogens (primary N) is 1. The van der Waals surface area contributed by atoms with Crippen molar-refractivity contribution in [1.29, 1.82) is 0 Å². The summed E-state index contributed by atoms with van der Waals surface area (Å²) in [6.07, 6.45) is 13.3. The van der Waals surface area contributed by atoms with Gasteiger partial charge >= 0.3 is 0 Å². The molecule has 2 N–H and O–H groups in total. The van der Waals surface area contributed by atoms with Crippen LogP contribution in [0.2, 0.25) is 0 Å². The van der Waals surface area contributed by atoms with Gasteiger partial charge in [-0.2, -0.15) is 0 Å². The SMILES string of the molecule is Nc1cn(C2CCC(N3CC4CCCC3CO4)CC2)nc1OCC1CCOCC1. The van der Waals surface area contributed by atoms with E-state index in [-0.39, 0.29) is 0 Å². The molecule has 0 spiro atoms. The molecule has 29 heavy (non-hydrogen) atoms. The Morgan fingerprint density at radius 3 is 2.62 bits per heavy atom. The smallest absolute Gasteiger partial charge is 0.256 e. The summed E-state index contributed by atoms with van der Waals surface area (Å²) in [4.78, 5) is 2.78. The van der Waals surface area contributed by atoms with E-state index in [1.54, 1.807) is 0 Å². The number of rotatable bonds is 5. The molecule has 6 rings (SSSR count). The molecule has 2 bridgehead atoms. The molecule has 0 radical (unpaired) electrons. The van der Waals surface area contributed by atoms with E-state index in [1.165, 1.54) is 44.9 Å². The normalized spacial score (nSPS) is 34.2. The van der Waals surface area contributed by atoms with Gasteiger partial charge < -0.3 is 19.9 Å². The van der Waals surface area contributed by atoms with Crippen molar-refractivity contribution in [3.05, 3.63) is 6.20 Å². The number of morpholine rings is 1. The first-order chi connectivity index (χ1) is 14.3.